The maximum Gasteiger partial charge on any atom is 0.277 e. The minimum absolute atomic E-state index is 0.396. The van der Waals surface area contributed by atoms with Gasteiger partial charge in [0.2, 0.25) is 0 Å². The highest BCUT2D eigenvalue weighted by Crippen LogP contribution is 2.35. The molecule has 0 radical (unpaired) electrons. The van der Waals surface area contributed by atoms with Crippen LogP contribution in [0.25, 0.3) is 44.6 Å². The molecule has 3 heterocycles. The van der Waals surface area contributed by atoms with E-state index in [0.29, 0.717) is 27.6 Å². The van der Waals surface area contributed by atoms with Gasteiger partial charge in [-0.2, -0.15) is 0 Å². The third-order valence-corrected chi connectivity index (χ3v) is 6.55. The molecule has 0 aliphatic rings. The lowest BCUT2D eigenvalue weighted by Gasteiger charge is -2.05. The molecule has 160 valence electrons. The van der Waals surface area contributed by atoms with Crippen LogP contribution in [0.4, 0.5) is 0 Å². The number of nitrogens with one attached hydrogen (secondary N) is 1. The summed E-state index contributed by atoms with van der Waals surface area (Å²) in [7, 11) is 0. The number of rotatable bonds is 5. The van der Waals surface area contributed by atoms with Crippen LogP contribution in [0, 0.1) is 0 Å². The predicted octanol–water partition coefficient (Wildman–Crippen LogP) is 7.38. The number of thioether (sulfide) groups is 1. The monoisotopic (exact) mass is 468 g/mol. The van der Waals surface area contributed by atoms with Crippen LogP contribution < -0.4 is 0 Å². The summed E-state index contributed by atoms with van der Waals surface area (Å²) >= 11 is 7.56. The lowest BCUT2D eigenvalue weighted by molar-refractivity contribution is 0.464. The number of nitrogens with zero attached hydrogens (tertiary/aromatic N) is 3. The number of H-pyrrole nitrogens is 1. The second kappa shape index (κ2) is 8.39. The lowest BCUT2D eigenvalue weighted by Crippen LogP contribution is -1.90. The predicted molar refractivity (Wildman–Crippen MR) is 133 cm³/mol. The summed E-state index contributed by atoms with van der Waals surface area (Å²) in [6.45, 7) is 0. The van der Waals surface area contributed by atoms with Gasteiger partial charge in [0, 0.05) is 32.6 Å². The number of para-hydroxylation sites is 1. The van der Waals surface area contributed by atoms with Gasteiger partial charge >= 0.3 is 0 Å². The quantitative estimate of drug-likeness (QED) is 0.267. The number of fused-ring (bicyclic) bond motifs is 3. The number of hydrogen-bond donors (Lipinski definition) is 1. The first-order valence-electron chi connectivity index (χ1n) is 10.4. The van der Waals surface area contributed by atoms with E-state index in [4.69, 9.17) is 21.0 Å². The van der Waals surface area contributed by atoms with E-state index in [1.54, 1.807) is 0 Å². The van der Waals surface area contributed by atoms with Crippen LogP contribution in [0.2, 0.25) is 5.02 Å². The molecule has 1 N–H and O–H groups in total. The van der Waals surface area contributed by atoms with Crippen molar-refractivity contribution in [3.63, 3.8) is 0 Å². The van der Waals surface area contributed by atoms with Crippen molar-refractivity contribution < 1.29 is 4.42 Å². The molecule has 7 heteroatoms. The van der Waals surface area contributed by atoms with E-state index in [1.165, 1.54) is 11.8 Å². The Labute approximate surface area is 198 Å². The van der Waals surface area contributed by atoms with E-state index in [9.17, 15) is 0 Å². The summed E-state index contributed by atoms with van der Waals surface area (Å²) < 4.78 is 5.99. The lowest BCUT2D eigenvalue weighted by atomic mass is 10.1. The second-order valence-corrected chi connectivity index (χ2v) is 8.97. The van der Waals surface area contributed by atoms with Crippen LogP contribution in [-0.4, -0.2) is 20.2 Å². The SMILES string of the molecule is Clc1cccc(CSc2nnc(-c3cc4c([nH]c5ccccc54)c(-c4ccccc4)n3)o2)c1. The maximum absolute atomic E-state index is 6.08. The minimum Gasteiger partial charge on any atom is -0.410 e. The van der Waals surface area contributed by atoms with E-state index < -0.39 is 0 Å². The van der Waals surface area contributed by atoms with E-state index in [1.807, 2.05) is 60.7 Å². The molecule has 5 nitrogen and oxygen atoms in total. The fourth-order valence-corrected chi connectivity index (χ4v) is 4.82. The third-order valence-electron chi connectivity index (χ3n) is 5.42. The molecule has 0 fully saturated rings. The molecule has 0 spiro atoms. The first-order valence-corrected chi connectivity index (χ1v) is 11.8. The molecule has 0 atom stereocenters. The summed E-state index contributed by atoms with van der Waals surface area (Å²) in [6.07, 6.45) is 0. The van der Waals surface area contributed by atoms with Gasteiger partial charge in [-0.1, -0.05) is 84.0 Å². The van der Waals surface area contributed by atoms with Gasteiger partial charge in [0.15, 0.2) is 0 Å². The zero-order valence-corrected chi connectivity index (χ0v) is 18.9. The van der Waals surface area contributed by atoms with Gasteiger partial charge in [-0.3, -0.25) is 0 Å². The molecule has 0 aliphatic heterocycles. The van der Waals surface area contributed by atoms with Crippen LogP contribution in [0.5, 0.6) is 0 Å². The molecule has 0 unspecified atom stereocenters. The van der Waals surface area contributed by atoms with Gasteiger partial charge in [0.05, 0.1) is 11.2 Å². The van der Waals surface area contributed by atoms with E-state index in [0.717, 1.165) is 38.6 Å². The molecule has 0 bridgehead atoms. The highest BCUT2D eigenvalue weighted by molar-refractivity contribution is 7.98. The topological polar surface area (TPSA) is 67.6 Å². The van der Waals surface area contributed by atoms with Gasteiger partial charge in [-0.05, 0) is 29.8 Å². The average Bonchev–Trinajstić information content (AvgIpc) is 3.48. The number of halogens is 1. The van der Waals surface area contributed by atoms with E-state index in [2.05, 4.69) is 39.4 Å². The molecular weight excluding hydrogens is 452 g/mol. The second-order valence-electron chi connectivity index (χ2n) is 7.61. The Balaban J connectivity index is 1.42. The van der Waals surface area contributed by atoms with Crippen LogP contribution >= 0.6 is 23.4 Å². The smallest absolute Gasteiger partial charge is 0.277 e. The van der Waals surface area contributed by atoms with Crippen molar-refractivity contribution in [2.24, 2.45) is 0 Å². The molecule has 0 saturated carbocycles. The average molecular weight is 469 g/mol. The molecule has 3 aromatic carbocycles. The Kier molecular flexibility index (Phi) is 5.09. The van der Waals surface area contributed by atoms with Gasteiger partial charge in [-0.15, -0.1) is 10.2 Å². The Morgan fingerprint density at radius 3 is 2.58 bits per heavy atom. The highest BCUT2D eigenvalue weighted by atomic mass is 35.5. The molecule has 0 aliphatic carbocycles. The largest absolute Gasteiger partial charge is 0.410 e. The van der Waals surface area contributed by atoms with Gasteiger partial charge in [0.1, 0.15) is 5.69 Å². The first-order chi connectivity index (χ1) is 16.2. The molecular formula is C26H17ClN4OS. The Morgan fingerprint density at radius 2 is 1.70 bits per heavy atom. The normalized spacial score (nSPS) is 11.4. The number of aromatic amines is 1. The summed E-state index contributed by atoms with van der Waals surface area (Å²) in [6, 6.07) is 28.1. The molecule has 33 heavy (non-hydrogen) atoms. The molecule has 6 aromatic rings. The van der Waals surface area contributed by atoms with Gasteiger partial charge in [-0.25, -0.2) is 4.98 Å². The Hall–Kier alpha value is -3.61. The molecule has 3 aromatic heterocycles. The van der Waals surface area contributed by atoms with E-state index in [-0.39, 0.29) is 0 Å². The third kappa shape index (κ3) is 3.88. The molecule has 6 rings (SSSR count). The van der Waals surface area contributed by atoms with Crippen molar-refractivity contribution in [1.29, 1.82) is 0 Å². The van der Waals surface area contributed by atoms with E-state index >= 15 is 0 Å². The first kappa shape index (κ1) is 20.0. The van der Waals surface area contributed by atoms with Crippen LogP contribution in [0.1, 0.15) is 5.56 Å². The fourth-order valence-electron chi connectivity index (χ4n) is 3.90. The maximum atomic E-state index is 6.08. The van der Waals surface area contributed by atoms with Crippen molar-refractivity contribution in [3.05, 3.63) is 95.5 Å². The number of benzene rings is 3. The zero-order chi connectivity index (χ0) is 22.2. The Bertz CT molecular complexity index is 1590. The van der Waals surface area contributed by atoms with Gasteiger partial charge < -0.3 is 9.40 Å². The standard InChI is InChI=1S/C26H17ClN4OS/c27-18-10-6-7-16(13-18)15-33-26-31-30-25(32-26)22-14-20-19-11-4-5-12-21(19)28-24(20)23(29-22)17-8-2-1-3-9-17/h1-14,28H,15H2. The molecule has 0 amide bonds. The van der Waals surface area contributed by atoms with Crippen LogP contribution in [0.3, 0.4) is 0 Å². The number of hydrogen-bond acceptors (Lipinski definition) is 5. The zero-order valence-electron chi connectivity index (χ0n) is 17.3. The summed E-state index contributed by atoms with van der Waals surface area (Å²) in [4.78, 5) is 8.45. The van der Waals surface area contributed by atoms with Crippen molar-refractivity contribution >= 4 is 45.2 Å². The van der Waals surface area contributed by atoms with Crippen molar-refractivity contribution in [2.45, 2.75) is 11.0 Å². The van der Waals surface area contributed by atoms with Crippen molar-refractivity contribution in [3.8, 4) is 22.8 Å². The number of aromatic nitrogens is 4. The highest BCUT2D eigenvalue weighted by Gasteiger charge is 2.17. The summed E-state index contributed by atoms with van der Waals surface area (Å²) in [5.74, 6) is 1.08. The molecule has 0 saturated heterocycles. The Morgan fingerprint density at radius 1 is 0.848 bits per heavy atom. The van der Waals surface area contributed by atoms with Gasteiger partial charge in [0.25, 0.3) is 11.1 Å². The minimum atomic E-state index is 0.396. The fraction of sp³-hybridized carbons (Fsp3) is 0.0385. The number of pyridine rings is 1. The van der Waals surface area contributed by atoms with Crippen LogP contribution in [0.15, 0.2) is 94.6 Å². The van der Waals surface area contributed by atoms with Crippen LogP contribution in [-0.2, 0) is 5.75 Å². The summed E-state index contributed by atoms with van der Waals surface area (Å²) in [5, 5.41) is 11.9. The van der Waals surface area contributed by atoms with Crippen molar-refractivity contribution in [1.82, 2.24) is 20.2 Å². The van der Waals surface area contributed by atoms with Crippen molar-refractivity contribution in [2.75, 3.05) is 0 Å². The summed E-state index contributed by atoms with van der Waals surface area (Å²) in [5.41, 5.74) is 5.66.